The van der Waals surface area contributed by atoms with Gasteiger partial charge in [0.25, 0.3) is 11.7 Å². The molecule has 1 aromatic carbocycles. The summed E-state index contributed by atoms with van der Waals surface area (Å²) < 4.78 is 0.881. The molecule has 2 aliphatic heterocycles. The summed E-state index contributed by atoms with van der Waals surface area (Å²) in [5, 5.41) is 2.65. The average molecular weight is 351 g/mol. The molecule has 1 N–H and O–H groups in total. The Morgan fingerprint density at radius 3 is 2.57 bits per heavy atom. The fraction of sp³-hybridized carbons (Fsp3) is 0.500. The van der Waals surface area contributed by atoms with Crippen molar-refractivity contribution in [2.24, 2.45) is 5.41 Å². The number of nitrogens with one attached hydrogen (secondary N) is 1. The number of carbonyl (C=O) groups excluding carboxylic acids is 2. The zero-order chi connectivity index (χ0) is 15.2. The molecule has 0 atom stereocenters. The molecule has 3 rings (SSSR count). The fourth-order valence-electron chi connectivity index (χ4n) is 3.04. The summed E-state index contributed by atoms with van der Waals surface area (Å²) in [4.78, 5) is 25.5. The molecule has 0 saturated carbocycles. The molecular weight excluding hydrogens is 332 g/mol. The third-order valence-electron chi connectivity index (χ3n) is 4.95. The first-order valence-corrected chi connectivity index (χ1v) is 8.17. The SMILES string of the molecule is CCC1(C)CCN(c2cc3c(cc2Br)C(=O)C(=O)N3)CC1. The summed E-state index contributed by atoms with van der Waals surface area (Å²) in [5.74, 6) is -0.985. The van der Waals surface area contributed by atoms with Gasteiger partial charge >= 0.3 is 0 Å². The van der Waals surface area contributed by atoms with Gasteiger partial charge in [-0.05, 0) is 46.3 Å². The number of benzene rings is 1. The van der Waals surface area contributed by atoms with Gasteiger partial charge in [-0.3, -0.25) is 9.59 Å². The number of carbonyl (C=O) groups is 2. The van der Waals surface area contributed by atoms with Crippen LogP contribution in [0.25, 0.3) is 0 Å². The lowest BCUT2D eigenvalue weighted by Crippen LogP contribution is -2.38. The first-order chi connectivity index (χ1) is 9.93. The van der Waals surface area contributed by atoms with Crippen LogP contribution in [0.5, 0.6) is 0 Å². The number of fused-ring (bicyclic) bond motifs is 1. The van der Waals surface area contributed by atoms with Gasteiger partial charge in [-0.1, -0.05) is 20.3 Å². The maximum absolute atomic E-state index is 11.7. The molecular formula is C16H19BrN2O2. The van der Waals surface area contributed by atoms with Crippen molar-refractivity contribution in [3.8, 4) is 0 Å². The van der Waals surface area contributed by atoms with Crippen molar-refractivity contribution in [1.29, 1.82) is 0 Å². The molecule has 1 amide bonds. The van der Waals surface area contributed by atoms with Gasteiger partial charge < -0.3 is 10.2 Å². The van der Waals surface area contributed by atoms with Crippen molar-refractivity contribution in [3.63, 3.8) is 0 Å². The molecule has 0 aliphatic carbocycles. The minimum absolute atomic E-state index is 0.434. The van der Waals surface area contributed by atoms with Crippen LogP contribution >= 0.6 is 15.9 Å². The van der Waals surface area contributed by atoms with Gasteiger partial charge in [0.05, 0.1) is 16.9 Å². The van der Waals surface area contributed by atoms with Crippen LogP contribution in [-0.2, 0) is 4.79 Å². The molecule has 0 radical (unpaired) electrons. The molecule has 4 nitrogen and oxygen atoms in total. The van der Waals surface area contributed by atoms with Crippen LogP contribution in [0.3, 0.4) is 0 Å². The van der Waals surface area contributed by atoms with E-state index in [1.807, 2.05) is 6.07 Å². The van der Waals surface area contributed by atoms with E-state index in [0.717, 1.165) is 36.1 Å². The Kier molecular flexibility index (Phi) is 3.56. The van der Waals surface area contributed by atoms with Crippen LogP contribution < -0.4 is 10.2 Å². The lowest BCUT2D eigenvalue weighted by molar-refractivity contribution is -0.112. The van der Waals surface area contributed by atoms with Gasteiger partial charge in [0.15, 0.2) is 0 Å². The number of nitrogens with zero attached hydrogens (tertiary/aromatic N) is 1. The summed E-state index contributed by atoms with van der Waals surface area (Å²) in [5.41, 5.74) is 2.59. The first kappa shape index (κ1) is 14.6. The third-order valence-corrected chi connectivity index (χ3v) is 5.59. The predicted octanol–water partition coefficient (Wildman–Crippen LogP) is 3.60. The van der Waals surface area contributed by atoms with Crippen molar-refractivity contribution in [2.75, 3.05) is 23.3 Å². The highest BCUT2D eigenvalue weighted by Crippen LogP contribution is 2.40. The molecule has 0 bridgehead atoms. The third kappa shape index (κ3) is 2.48. The number of amides is 1. The summed E-state index contributed by atoms with van der Waals surface area (Å²) in [6, 6.07) is 3.68. The van der Waals surface area contributed by atoms with E-state index in [-0.39, 0.29) is 0 Å². The number of Topliss-reactive ketones (excluding diaryl/α,β-unsaturated/α-hetero) is 1. The van der Waals surface area contributed by atoms with Gasteiger partial charge in [0, 0.05) is 17.6 Å². The molecule has 0 spiro atoms. The Labute approximate surface area is 133 Å². The zero-order valence-electron chi connectivity index (χ0n) is 12.3. The summed E-state index contributed by atoms with van der Waals surface area (Å²) in [6.45, 7) is 6.61. The second kappa shape index (κ2) is 5.13. The number of rotatable bonds is 2. The van der Waals surface area contributed by atoms with Gasteiger partial charge in [-0.2, -0.15) is 0 Å². The van der Waals surface area contributed by atoms with Crippen LogP contribution in [-0.4, -0.2) is 24.8 Å². The Bertz CT molecular complexity index is 619. The monoisotopic (exact) mass is 350 g/mol. The lowest BCUT2D eigenvalue weighted by atomic mass is 9.78. The number of halogens is 1. The van der Waals surface area contributed by atoms with E-state index in [9.17, 15) is 9.59 Å². The summed E-state index contributed by atoms with van der Waals surface area (Å²) in [7, 11) is 0. The minimum atomic E-state index is -0.536. The number of anilines is 2. The summed E-state index contributed by atoms with van der Waals surface area (Å²) >= 11 is 3.55. The largest absolute Gasteiger partial charge is 0.371 e. The maximum atomic E-state index is 11.7. The Morgan fingerprint density at radius 2 is 1.95 bits per heavy atom. The molecule has 0 aromatic heterocycles. The van der Waals surface area contributed by atoms with E-state index < -0.39 is 11.7 Å². The van der Waals surface area contributed by atoms with Crippen LogP contribution in [0.2, 0.25) is 0 Å². The second-order valence-electron chi connectivity index (χ2n) is 6.28. The normalized spacial score (nSPS) is 20.4. The van der Waals surface area contributed by atoms with Crippen LogP contribution in [0.15, 0.2) is 16.6 Å². The van der Waals surface area contributed by atoms with Crippen molar-refractivity contribution >= 4 is 39.0 Å². The van der Waals surface area contributed by atoms with E-state index >= 15 is 0 Å². The first-order valence-electron chi connectivity index (χ1n) is 7.38. The van der Waals surface area contributed by atoms with Gasteiger partial charge in [-0.25, -0.2) is 0 Å². The molecule has 1 fully saturated rings. The maximum Gasteiger partial charge on any atom is 0.296 e. The Balaban J connectivity index is 1.87. The highest BCUT2D eigenvalue weighted by molar-refractivity contribution is 9.10. The average Bonchev–Trinajstić information content (AvgIpc) is 2.75. The molecule has 2 heterocycles. The van der Waals surface area contributed by atoms with Crippen molar-refractivity contribution in [1.82, 2.24) is 0 Å². The Morgan fingerprint density at radius 1 is 1.29 bits per heavy atom. The smallest absolute Gasteiger partial charge is 0.296 e. The standard InChI is InChI=1S/C16H19BrN2O2/c1-3-16(2)4-6-19(7-5-16)13-9-12-10(8-11(13)17)14(20)15(21)18-12/h8-9H,3-7H2,1-2H3,(H,18,20,21). The predicted molar refractivity (Wildman–Crippen MR) is 86.9 cm³/mol. The molecule has 1 saturated heterocycles. The van der Waals surface area contributed by atoms with Crippen LogP contribution in [0.4, 0.5) is 11.4 Å². The van der Waals surface area contributed by atoms with E-state index in [1.54, 1.807) is 6.07 Å². The van der Waals surface area contributed by atoms with E-state index in [2.05, 4.69) is 40.0 Å². The van der Waals surface area contributed by atoms with Gasteiger partial charge in [0.1, 0.15) is 0 Å². The Hall–Kier alpha value is -1.36. The molecule has 0 unspecified atom stereocenters. The number of hydrogen-bond donors (Lipinski definition) is 1. The number of hydrogen-bond acceptors (Lipinski definition) is 3. The van der Waals surface area contributed by atoms with E-state index in [4.69, 9.17) is 0 Å². The van der Waals surface area contributed by atoms with Crippen LogP contribution in [0.1, 0.15) is 43.5 Å². The van der Waals surface area contributed by atoms with Crippen LogP contribution in [0, 0.1) is 5.41 Å². The quantitative estimate of drug-likeness (QED) is 0.829. The van der Waals surface area contributed by atoms with Gasteiger partial charge in [-0.15, -0.1) is 0 Å². The number of ketones is 1. The highest BCUT2D eigenvalue weighted by atomic mass is 79.9. The minimum Gasteiger partial charge on any atom is -0.371 e. The lowest BCUT2D eigenvalue weighted by Gasteiger charge is -2.40. The molecule has 5 heteroatoms. The second-order valence-corrected chi connectivity index (χ2v) is 7.14. The topological polar surface area (TPSA) is 49.4 Å². The molecule has 21 heavy (non-hydrogen) atoms. The van der Waals surface area contributed by atoms with Crippen molar-refractivity contribution in [3.05, 3.63) is 22.2 Å². The van der Waals surface area contributed by atoms with Crippen molar-refractivity contribution in [2.45, 2.75) is 33.1 Å². The fourth-order valence-corrected chi connectivity index (χ4v) is 3.63. The zero-order valence-corrected chi connectivity index (χ0v) is 13.9. The highest BCUT2D eigenvalue weighted by Gasteiger charge is 2.32. The van der Waals surface area contributed by atoms with E-state index in [0.29, 0.717) is 16.7 Å². The van der Waals surface area contributed by atoms with Gasteiger partial charge in [0.2, 0.25) is 0 Å². The molecule has 112 valence electrons. The van der Waals surface area contributed by atoms with E-state index in [1.165, 1.54) is 6.42 Å². The molecule has 2 aliphatic rings. The molecule has 1 aromatic rings. The summed E-state index contributed by atoms with van der Waals surface area (Å²) in [6.07, 6.45) is 3.54. The van der Waals surface area contributed by atoms with Crippen molar-refractivity contribution < 1.29 is 9.59 Å². The number of piperidine rings is 1.